The van der Waals surface area contributed by atoms with Crippen molar-refractivity contribution in [3.05, 3.63) is 71.9 Å². The van der Waals surface area contributed by atoms with E-state index >= 15 is 0 Å². The molecule has 1 amide bonds. The van der Waals surface area contributed by atoms with Crippen LogP contribution in [0.5, 0.6) is 5.75 Å². The van der Waals surface area contributed by atoms with E-state index in [9.17, 15) is 9.18 Å². The molecule has 2 aromatic carbocycles. The highest BCUT2D eigenvalue weighted by Gasteiger charge is 2.13. The Bertz CT molecular complexity index is 1120. The summed E-state index contributed by atoms with van der Waals surface area (Å²) >= 11 is 3.17. The van der Waals surface area contributed by atoms with Gasteiger partial charge in [0.15, 0.2) is 10.1 Å². The number of carbonyl (C=O) groups excluding carboxylic acids is 1. The fraction of sp³-hybridized carbons (Fsp3) is 0.100. The van der Waals surface area contributed by atoms with Crippen LogP contribution in [0.4, 0.5) is 10.1 Å². The largest absolute Gasteiger partial charge is 0.486 e. The molecular weight excluding hydrogens is 399 g/mol. The number of fused-ring (bicyclic) bond motifs is 1. The van der Waals surface area contributed by atoms with E-state index in [1.54, 1.807) is 35.2 Å². The molecule has 4 rings (SSSR count). The number of rotatable bonds is 6. The van der Waals surface area contributed by atoms with E-state index in [-0.39, 0.29) is 24.1 Å². The standard InChI is InChI=1S/C20H15FN2O3S2/c1-27-20-23-16-8-4-13(10-18(16)28-20)22-19(24)17-9-7-15(26-17)11-25-14-5-2-12(21)3-6-14/h2-10H,11H2,1H3,(H,22,24). The van der Waals surface area contributed by atoms with Crippen molar-refractivity contribution in [1.82, 2.24) is 4.98 Å². The van der Waals surface area contributed by atoms with Crippen molar-refractivity contribution in [1.29, 1.82) is 0 Å². The van der Waals surface area contributed by atoms with Crippen LogP contribution in [0.25, 0.3) is 10.2 Å². The number of furan rings is 1. The third-order valence-electron chi connectivity index (χ3n) is 3.88. The summed E-state index contributed by atoms with van der Waals surface area (Å²) in [5, 5.41) is 2.83. The maximum absolute atomic E-state index is 12.9. The van der Waals surface area contributed by atoms with Gasteiger partial charge in [0.05, 0.1) is 10.2 Å². The van der Waals surface area contributed by atoms with Gasteiger partial charge in [0.25, 0.3) is 5.91 Å². The van der Waals surface area contributed by atoms with Crippen LogP contribution in [0, 0.1) is 5.82 Å². The predicted octanol–water partition coefficient (Wildman–Crippen LogP) is 5.58. The average Bonchev–Trinajstić information content (AvgIpc) is 3.34. The number of nitrogens with zero attached hydrogens (tertiary/aromatic N) is 1. The van der Waals surface area contributed by atoms with Crippen LogP contribution in [-0.2, 0) is 6.61 Å². The van der Waals surface area contributed by atoms with E-state index in [0.717, 1.165) is 14.6 Å². The maximum atomic E-state index is 12.9. The normalized spacial score (nSPS) is 10.9. The zero-order valence-electron chi connectivity index (χ0n) is 14.8. The van der Waals surface area contributed by atoms with Gasteiger partial charge in [-0.2, -0.15) is 0 Å². The predicted molar refractivity (Wildman–Crippen MR) is 109 cm³/mol. The number of thioether (sulfide) groups is 1. The zero-order valence-corrected chi connectivity index (χ0v) is 16.4. The number of hydrogen-bond acceptors (Lipinski definition) is 6. The summed E-state index contributed by atoms with van der Waals surface area (Å²) in [6, 6.07) is 14.6. The Morgan fingerprint density at radius 3 is 2.82 bits per heavy atom. The Morgan fingerprint density at radius 1 is 1.21 bits per heavy atom. The van der Waals surface area contributed by atoms with Gasteiger partial charge in [-0.15, -0.1) is 11.3 Å². The quantitative estimate of drug-likeness (QED) is 0.417. The van der Waals surface area contributed by atoms with Gasteiger partial charge in [-0.25, -0.2) is 9.37 Å². The van der Waals surface area contributed by atoms with E-state index in [0.29, 0.717) is 17.2 Å². The Labute approximate surface area is 168 Å². The lowest BCUT2D eigenvalue weighted by Gasteiger charge is -2.04. The highest BCUT2D eigenvalue weighted by atomic mass is 32.2. The van der Waals surface area contributed by atoms with Crippen LogP contribution in [0.1, 0.15) is 16.3 Å². The van der Waals surface area contributed by atoms with Crippen LogP contribution in [0.15, 0.2) is 63.4 Å². The number of thiazole rings is 1. The summed E-state index contributed by atoms with van der Waals surface area (Å²) < 4.78 is 26.0. The molecule has 0 unspecified atom stereocenters. The first-order valence-corrected chi connectivity index (χ1v) is 10.4. The minimum atomic E-state index is -0.345. The SMILES string of the molecule is CSc1nc2ccc(NC(=O)c3ccc(COc4ccc(F)cc4)o3)cc2s1. The summed E-state index contributed by atoms with van der Waals surface area (Å²) in [4.78, 5) is 16.9. The second-order valence-electron chi connectivity index (χ2n) is 5.83. The van der Waals surface area contributed by atoms with Crippen molar-refractivity contribution in [2.24, 2.45) is 0 Å². The molecule has 5 nitrogen and oxygen atoms in total. The molecule has 28 heavy (non-hydrogen) atoms. The molecule has 4 aromatic rings. The van der Waals surface area contributed by atoms with E-state index in [1.807, 2.05) is 24.5 Å². The summed E-state index contributed by atoms with van der Waals surface area (Å²) in [6.45, 7) is 0.142. The molecule has 0 atom stereocenters. The number of ether oxygens (including phenoxy) is 1. The summed E-state index contributed by atoms with van der Waals surface area (Å²) in [5.41, 5.74) is 1.58. The molecule has 0 spiro atoms. The van der Waals surface area contributed by atoms with Gasteiger partial charge in [0, 0.05) is 5.69 Å². The van der Waals surface area contributed by atoms with Crippen molar-refractivity contribution >= 4 is 44.9 Å². The summed E-state index contributed by atoms with van der Waals surface area (Å²) in [7, 11) is 0. The van der Waals surface area contributed by atoms with Crippen LogP contribution in [0.3, 0.4) is 0 Å². The van der Waals surface area contributed by atoms with Crippen LogP contribution >= 0.6 is 23.1 Å². The lowest BCUT2D eigenvalue weighted by Crippen LogP contribution is -2.10. The highest BCUT2D eigenvalue weighted by Crippen LogP contribution is 2.30. The van der Waals surface area contributed by atoms with Crippen LogP contribution < -0.4 is 10.1 Å². The minimum absolute atomic E-state index is 0.142. The number of aromatic nitrogens is 1. The van der Waals surface area contributed by atoms with Gasteiger partial charge >= 0.3 is 0 Å². The molecule has 0 saturated carbocycles. The van der Waals surface area contributed by atoms with Gasteiger partial charge in [-0.1, -0.05) is 11.8 Å². The first-order chi connectivity index (χ1) is 13.6. The number of carbonyl (C=O) groups is 1. The molecule has 0 radical (unpaired) electrons. The number of nitrogens with one attached hydrogen (secondary N) is 1. The Balaban J connectivity index is 1.40. The van der Waals surface area contributed by atoms with Gasteiger partial charge < -0.3 is 14.5 Å². The third kappa shape index (κ3) is 4.18. The molecule has 8 heteroatoms. The van der Waals surface area contributed by atoms with Crippen molar-refractivity contribution in [3.8, 4) is 5.75 Å². The maximum Gasteiger partial charge on any atom is 0.291 e. The van der Waals surface area contributed by atoms with Gasteiger partial charge in [-0.05, 0) is 60.9 Å². The van der Waals surface area contributed by atoms with E-state index in [1.165, 1.54) is 24.3 Å². The molecule has 0 fully saturated rings. The molecule has 2 aromatic heterocycles. The first-order valence-electron chi connectivity index (χ1n) is 8.34. The minimum Gasteiger partial charge on any atom is -0.486 e. The van der Waals surface area contributed by atoms with Gasteiger partial charge in [0.2, 0.25) is 0 Å². The number of hydrogen-bond donors (Lipinski definition) is 1. The van der Waals surface area contributed by atoms with E-state index < -0.39 is 0 Å². The highest BCUT2D eigenvalue weighted by molar-refractivity contribution is 8.00. The van der Waals surface area contributed by atoms with Crippen molar-refractivity contribution in [2.45, 2.75) is 10.9 Å². The van der Waals surface area contributed by atoms with Crippen molar-refractivity contribution in [3.63, 3.8) is 0 Å². The lowest BCUT2D eigenvalue weighted by atomic mass is 10.3. The first kappa shape index (κ1) is 18.5. The van der Waals surface area contributed by atoms with Crippen LogP contribution in [0.2, 0.25) is 0 Å². The smallest absolute Gasteiger partial charge is 0.291 e. The monoisotopic (exact) mass is 414 g/mol. The Kier molecular flexibility index (Phi) is 5.31. The number of halogens is 1. The van der Waals surface area contributed by atoms with E-state index in [2.05, 4.69) is 10.3 Å². The number of benzene rings is 2. The van der Waals surface area contributed by atoms with Gasteiger partial charge in [0.1, 0.15) is 23.9 Å². The third-order valence-corrected chi connectivity index (χ3v) is 5.88. The molecular formula is C20H15FN2O3S2. The lowest BCUT2D eigenvalue weighted by molar-refractivity contribution is 0.0992. The molecule has 0 aliphatic rings. The second kappa shape index (κ2) is 8.04. The number of amides is 1. The molecule has 0 bridgehead atoms. The Hall–Kier alpha value is -2.84. The van der Waals surface area contributed by atoms with Crippen LogP contribution in [-0.4, -0.2) is 17.1 Å². The molecule has 0 aliphatic heterocycles. The van der Waals surface area contributed by atoms with E-state index in [4.69, 9.17) is 9.15 Å². The molecule has 0 saturated heterocycles. The number of anilines is 1. The second-order valence-corrected chi connectivity index (χ2v) is 7.91. The molecule has 1 N–H and O–H groups in total. The van der Waals surface area contributed by atoms with Gasteiger partial charge in [-0.3, -0.25) is 4.79 Å². The van der Waals surface area contributed by atoms with Crippen molar-refractivity contribution < 1.29 is 18.3 Å². The average molecular weight is 414 g/mol. The summed E-state index contributed by atoms with van der Waals surface area (Å²) in [6.07, 6.45) is 1.98. The molecule has 0 aliphatic carbocycles. The summed E-state index contributed by atoms with van der Waals surface area (Å²) in [5.74, 6) is 0.530. The fourth-order valence-electron chi connectivity index (χ4n) is 2.52. The Morgan fingerprint density at radius 2 is 2.04 bits per heavy atom. The fourth-order valence-corrected chi connectivity index (χ4v) is 4.05. The zero-order chi connectivity index (χ0) is 19.5. The molecule has 142 valence electrons. The topological polar surface area (TPSA) is 64.4 Å². The molecule has 2 heterocycles. The van der Waals surface area contributed by atoms with Crippen molar-refractivity contribution in [2.75, 3.05) is 11.6 Å².